The molecule has 0 fully saturated rings. The summed E-state index contributed by atoms with van der Waals surface area (Å²) in [5.74, 6) is 0.765. The molecule has 4 nitrogen and oxygen atoms in total. The van der Waals surface area contributed by atoms with Gasteiger partial charge in [0.15, 0.2) is 0 Å². The molecule has 0 radical (unpaired) electrons. The van der Waals surface area contributed by atoms with Gasteiger partial charge in [-0.15, -0.1) is 0 Å². The molecule has 0 saturated carbocycles. The van der Waals surface area contributed by atoms with Gasteiger partial charge in [0.2, 0.25) is 0 Å². The van der Waals surface area contributed by atoms with Gasteiger partial charge in [-0.05, 0) is 38.3 Å². The summed E-state index contributed by atoms with van der Waals surface area (Å²) in [4.78, 5) is 15.4. The number of aromatic nitrogens is 2. The molecule has 0 unspecified atom stereocenters. The van der Waals surface area contributed by atoms with Gasteiger partial charge in [-0.2, -0.15) is 4.98 Å². The van der Waals surface area contributed by atoms with Crippen LogP contribution in [0.15, 0.2) is 17.1 Å². The van der Waals surface area contributed by atoms with E-state index in [-0.39, 0.29) is 5.69 Å². The van der Waals surface area contributed by atoms with Crippen LogP contribution in [-0.4, -0.2) is 22.6 Å². The van der Waals surface area contributed by atoms with Gasteiger partial charge < -0.3 is 5.32 Å². The first-order chi connectivity index (χ1) is 8.09. The van der Waals surface area contributed by atoms with Gasteiger partial charge in [0, 0.05) is 25.0 Å². The largest absolute Gasteiger partial charge is 0.347 e. The highest BCUT2D eigenvalue weighted by molar-refractivity contribution is 4.95. The fraction of sp³-hybridized carbons (Fsp3) is 0.692. The molecule has 0 aliphatic carbocycles. The van der Waals surface area contributed by atoms with E-state index >= 15 is 0 Å². The van der Waals surface area contributed by atoms with Crippen LogP contribution in [0.2, 0.25) is 0 Å². The van der Waals surface area contributed by atoms with E-state index in [1.807, 2.05) is 13.0 Å². The van der Waals surface area contributed by atoms with Gasteiger partial charge in [0.1, 0.15) is 0 Å². The monoisotopic (exact) mass is 237 g/mol. The van der Waals surface area contributed by atoms with Crippen molar-refractivity contribution in [2.45, 2.75) is 40.2 Å². The number of nitrogens with one attached hydrogen (secondary N) is 1. The third-order valence-electron chi connectivity index (χ3n) is 2.68. The van der Waals surface area contributed by atoms with Gasteiger partial charge in [0.25, 0.3) is 0 Å². The smallest absolute Gasteiger partial charge is 0.315 e. The first kappa shape index (κ1) is 13.9. The topological polar surface area (TPSA) is 46.9 Å². The second-order valence-corrected chi connectivity index (χ2v) is 4.83. The Labute approximate surface area is 103 Å². The van der Waals surface area contributed by atoms with Crippen LogP contribution in [0, 0.1) is 12.8 Å². The van der Waals surface area contributed by atoms with E-state index in [0.29, 0.717) is 6.54 Å². The van der Waals surface area contributed by atoms with Crippen molar-refractivity contribution >= 4 is 0 Å². The molecule has 4 heteroatoms. The van der Waals surface area contributed by atoms with E-state index in [2.05, 4.69) is 24.1 Å². The predicted octanol–water partition coefficient (Wildman–Crippen LogP) is 1.58. The zero-order chi connectivity index (χ0) is 12.7. The Morgan fingerprint density at radius 1 is 1.41 bits per heavy atom. The average molecular weight is 237 g/mol. The van der Waals surface area contributed by atoms with Gasteiger partial charge in [0.05, 0.1) is 0 Å². The highest BCUT2D eigenvalue weighted by Crippen LogP contribution is 2.01. The molecule has 0 atom stereocenters. The van der Waals surface area contributed by atoms with E-state index in [9.17, 15) is 4.79 Å². The van der Waals surface area contributed by atoms with Crippen LogP contribution < -0.4 is 11.0 Å². The molecular formula is C13H23N3O. The molecule has 0 aliphatic rings. The minimum Gasteiger partial charge on any atom is -0.315 e. The van der Waals surface area contributed by atoms with Crippen LogP contribution in [0.25, 0.3) is 0 Å². The summed E-state index contributed by atoms with van der Waals surface area (Å²) in [7, 11) is 0. The Morgan fingerprint density at radius 3 is 2.82 bits per heavy atom. The number of rotatable bonds is 7. The molecule has 0 spiro atoms. The summed E-state index contributed by atoms with van der Waals surface area (Å²) in [6, 6.07) is 1.86. The van der Waals surface area contributed by atoms with E-state index in [1.165, 1.54) is 12.8 Å². The van der Waals surface area contributed by atoms with Crippen LogP contribution in [0.5, 0.6) is 0 Å². The van der Waals surface area contributed by atoms with Crippen LogP contribution in [0.3, 0.4) is 0 Å². The molecule has 0 aliphatic heterocycles. The van der Waals surface area contributed by atoms with Gasteiger partial charge >= 0.3 is 5.69 Å². The summed E-state index contributed by atoms with van der Waals surface area (Å²) in [6.45, 7) is 8.83. The summed E-state index contributed by atoms with van der Waals surface area (Å²) < 4.78 is 1.64. The SMILES string of the molecule is Cc1ccn(CCNCCCC(C)C)c(=O)n1. The fourth-order valence-corrected chi connectivity index (χ4v) is 1.64. The second-order valence-electron chi connectivity index (χ2n) is 4.83. The van der Waals surface area contributed by atoms with Crippen LogP contribution in [0.4, 0.5) is 0 Å². The zero-order valence-corrected chi connectivity index (χ0v) is 11.1. The number of aryl methyl sites for hydroxylation is 1. The van der Waals surface area contributed by atoms with Gasteiger partial charge in [-0.25, -0.2) is 4.79 Å². The maximum absolute atomic E-state index is 11.5. The lowest BCUT2D eigenvalue weighted by Crippen LogP contribution is -2.29. The first-order valence-electron chi connectivity index (χ1n) is 6.34. The highest BCUT2D eigenvalue weighted by atomic mass is 16.1. The van der Waals surface area contributed by atoms with E-state index in [1.54, 1.807) is 10.8 Å². The third-order valence-corrected chi connectivity index (χ3v) is 2.68. The van der Waals surface area contributed by atoms with Crippen molar-refractivity contribution in [1.82, 2.24) is 14.9 Å². The van der Waals surface area contributed by atoms with Crippen molar-refractivity contribution in [1.29, 1.82) is 0 Å². The third kappa shape index (κ3) is 5.63. The molecule has 1 rings (SSSR count). The van der Waals surface area contributed by atoms with Crippen LogP contribution in [-0.2, 0) is 6.54 Å². The molecular weight excluding hydrogens is 214 g/mol. The van der Waals surface area contributed by atoms with Gasteiger partial charge in [-0.1, -0.05) is 13.8 Å². The molecule has 0 saturated heterocycles. The minimum absolute atomic E-state index is 0.158. The van der Waals surface area contributed by atoms with Crippen molar-refractivity contribution in [2.24, 2.45) is 5.92 Å². The Balaban J connectivity index is 2.20. The van der Waals surface area contributed by atoms with Crippen LogP contribution >= 0.6 is 0 Å². The van der Waals surface area contributed by atoms with Crippen molar-refractivity contribution in [2.75, 3.05) is 13.1 Å². The molecule has 1 aromatic heterocycles. The Bertz CT molecular complexity index is 384. The maximum Gasteiger partial charge on any atom is 0.347 e. The number of hydrogen-bond donors (Lipinski definition) is 1. The molecule has 0 bridgehead atoms. The van der Waals surface area contributed by atoms with Crippen molar-refractivity contribution in [3.63, 3.8) is 0 Å². The van der Waals surface area contributed by atoms with Crippen molar-refractivity contribution in [3.05, 3.63) is 28.4 Å². The van der Waals surface area contributed by atoms with E-state index < -0.39 is 0 Å². The molecule has 0 aromatic carbocycles. The predicted molar refractivity (Wildman–Crippen MR) is 70.2 cm³/mol. The van der Waals surface area contributed by atoms with Crippen molar-refractivity contribution < 1.29 is 0 Å². The molecule has 1 aromatic rings. The lowest BCUT2D eigenvalue weighted by molar-refractivity contribution is 0.510. The molecule has 17 heavy (non-hydrogen) atoms. The fourth-order valence-electron chi connectivity index (χ4n) is 1.64. The zero-order valence-electron chi connectivity index (χ0n) is 11.1. The van der Waals surface area contributed by atoms with Crippen molar-refractivity contribution in [3.8, 4) is 0 Å². The van der Waals surface area contributed by atoms with E-state index in [0.717, 1.165) is 24.7 Å². The summed E-state index contributed by atoms with van der Waals surface area (Å²) in [6.07, 6.45) is 4.25. The Hall–Kier alpha value is -1.16. The average Bonchev–Trinajstić information content (AvgIpc) is 2.25. The summed E-state index contributed by atoms with van der Waals surface area (Å²) >= 11 is 0. The Kier molecular flexibility index (Phi) is 5.91. The maximum atomic E-state index is 11.5. The highest BCUT2D eigenvalue weighted by Gasteiger charge is 1.97. The molecule has 1 heterocycles. The molecule has 0 amide bonds. The first-order valence-corrected chi connectivity index (χ1v) is 6.34. The van der Waals surface area contributed by atoms with Gasteiger partial charge in [-0.3, -0.25) is 4.57 Å². The summed E-state index contributed by atoms with van der Waals surface area (Å²) in [5, 5.41) is 3.34. The normalized spacial score (nSPS) is 11.1. The quantitative estimate of drug-likeness (QED) is 0.732. The number of nitrogens with zero attached hydrogens (tertiary/aromatic N) is 2. The lowest BCUT2D eigenvalue weighted by atomic mass is 10.1. The molecule has 96 valence electrons. The second kappa shape index (κ2) is 7.22. The summed E-state index contributed by atoms with van der Waals surface area (Å²) in [5.41, 5.74) is 0.616. The lowest BCUT2D eigenvalue weighted by Gasteiger charge is -2.08. The van der Waals surface area contributed by atoms with E-state index in [4.69, 9.17) is 0 Å². The molecule has 1 N–H and O–H groups in total. The standard InChI is InChI=1S/C13H23N3O/c1-11(2)5-4-7-14-8-10-16-9-6-12(3)15-13(16)17/h6,9,11,14H,4-5,7-8,10H2,1-3H3. The number of hydrogen-bond acceptors (Lipinski definition) is 3. The van der Waals surface area contributed by atoms with Crippen LogP contribution in [0.1, 0.15) is 32.4 Å². The minimum atomic E-state index is -0.158. The Morgan fingerprint density at radius 2 is 2.18 bits per heavy atom.